The van der Waals surface area contributed by atoms with Crippen LogP contribution in [0.15, 0.2) is 30.3 Å². The van der Waals surface area contributed by atoms with Gasteiger partial charge in [-0.15, -0.1) is 0 Å². The molecule has 0 bridgehead atoms. The van der Waals surface area contributed by atoms with Crippen molar-refractivity contribution in [2.24, 2.45) is 0 Å². The molecule has 1 fully saturated rings. The predicted molar refractivity (Wildman–Crippen MR) is 96.2 cm³/mol. The SMILES string of the molecule is CCN(CC1COC(C)(C)N1C(=O)OC(C)(C)C)c1ccccc1. The average Bonchev–Trinajstić information content (AvgIpc) is 2.78. The number of benzene rings is 1. The number of para-hydroxylation sites is 1. The normalized spacial score (nSPS) is 20.1. The number of ether oxygens (including phenoxy) is 2. The zero-order valence-corrected chi connectivity index (χ0v) is 15.7. The van der Waals surface area contributed by atoms with E-state index in [0.29, 0.717) is 13.2 Å². The van der Waals surface area contributed by atoms with Crippen LogP contribution in [-0.4, -0.2) is 48.1 Å². The third kappa shape index (κ3) is 4.41. The Balaban J connectivity index is 2.17. The molecule has 24 heavy (non-hydrogen) atoms. The van der Waals surface area contributed by atoms with Crippen LogP contribution in [0.4, 0.5) is 10.5 Å². The Bertz CT molecular complexity index is 551. The summed E-state index contributed by atoms with van der Waals surface area (Å²) in [5, 5.41) is 0. The van der Waals surface area contributed by atoms with Crippen molar-refractivity contribution in [1.29, 1.82) is 0 Å². The van der Waals surface area contributed by atoms with Gasteiger partial charge in [0.1, 0.15) is 11.3 Å². The van der Waals surface area contributed by atoms with Gasteiger partial charge >= 0.3 is 6.09 Å². The smallest absolute Gasteiger partial charge is 0.412 e. The summed E-state index contributed by atoms with van der Waals surface area (Å²) in [6.07, 6.45) is -0.320. The minimum atomic E-state index is -0.664. The highest BCUT2D eigenvalue weighted by Crippen LogP contribution is 2.30. The number of likely N-dealkylation sites (N-methyl/N-ethyl adjacent to an activating group) is 1. The van der Waals surface area contributed by atoms with Crippen LogP contribution in [0.5, 0.6) is 0 Å². The third-order valence-corrected chi connectivity index (χ3v) is 4.10. The molecule has 1 aliphatic heterocycles. The monoisotopic (exact) mass is 334 g/mol. The van der Waals surface area contributed by atoms with Crippen LogP contribution in [0.3, 0.4) is 0 Å². The maximum Gasteiger partial charge on any atom is 0.412 e. The molecule has 1 atom stereocenters. The van der Waals surface area contributed by atoms with Crippen molar-refractivity contribution in [1.82, 2.24) is 4.90 Å². The van der Waals surface area contributed by atoms with Gasteiger partial charge in [0.25, 0.3) is 0 Å². The Hall–Kier alpha value is -1.75. The van der Waals surface area contributed by atoms with Crippen molar-refractivity contribution in [2.75, 3.05) is 24.6 Å². The maximum atomic E-state index is 12.7. The van der Waals surface area contributed by atoms with E-state index in [0.717, 1.165) is 12.2 Å². The van der Waals surface area contributed by atoms with E-state index in [1.807, 2.05) is 52.8 Å². The van der Waals surface area contributed by atoms with E-state index in [4.69, 9.17) is 9.47 Å². The van der Waals surface area contributed by atoms with E-state index in [1.165, 1.54) is 0 Å². The van der Waals surface area contributed by atoms with Crippen LogP contribution >= 0.6 is 0 Å². The summed E-state index contributed by atoms with van der Waals surface area (Å²) in [6, 6.07) is 10.2. The van der Waals surface area contributed by atoms with Crippen LogP contribution in [0.1, 0.15) is 41.5 Å². The predicted octanol–water partition coefficient (Wildman–Crippen LogP) is 3.88. The molecule has 1 aromatic carbocycles. The lowest BCUT2D eigenvalue weighted by atomic mass is 10.2. The molecule has 0 radical (unpaired) electrons. The Labute approximate surface area is 145 Å². The molecule has 0 saturated carbocycles. The first-order chi connectivity index (χ1) is 11.1. The third-order valence-electron chi connectivity index (χ3n) is 4.10. The molecule has 5 heteroatoms. The highest BCUT2D eigenvalue weighted by atomic mass is 16.6. The van der Waals surface area contributed by atoms with Gasteiger partial charge in [0, 0.05) is 18.8 Å². The van der Waals surface area contributed by atoms with Gasteiger partial charge in [0.05, 0.1) is 12.6 Å². The molecular weight excluding hydrogens is 304 g/mol. The Morgan fingerprint density at radius 2 is 1.96 bits per heavy atom. The lowest BCUT2D eigenvalue weighted by molar-refractivity contribution is -0.0621. The number of carbonyl (C=O) groups is 1. The zero-order chi connectivity index (χ0) is 18.0. The number of nitrogens with zero attached hydrogens (tertiary/aromatic N) is 2. The fraction of sp³-hybridized carbons (Fsp3) is 0.632. The van der Waals surface area contributed by atoms with Crippen molar-refractivity contribution in [3.05, 3.63) is 30.3 Å². The van der Waals surface area contributed by atoms with Crippen LogP contribution in [0, 0.1) is 0 Å². The first-order valence-electron chi connectivity index (χ1n) is 8.60. The fourth-order valence-electron chi connectivity index (χ4n) is 3.01. The van der Waals surface area contributed by atoms with Gasteiger partial charge in [-0.1, -0.05) is 18.2 Å². The average molecular weight is 334 g/mol. The molecule has 1 amide bonds. The molecule has 1 aromatic rings. The van der Waals surface area contributed by atoms with Gasteiger partial charge in [-0.2, -0.15) is 0 Å². The van der Waals surface area contributed by atoms with Crippen molar-refractivity contribution < 1.29 is 14.3 Å². The highest BCUT2D eigenvalue weighted by Gasteiger charge is 2.46. The molecule has 2 rings (SSSR count). The molecule has 134 valence electrons. The first kappa shape index (κ1) is 18.6. The molecule has 1 aliphatic rings. The van der Waals surface area contributed by atoms with Gasteiger partial charge in [0.15, 0.2) is 0 Å². The van der Waals surface area contributed by atoms with Crippen molar-refractivity contribution >= 4 is 11.8 Å². The van der Waals surface area contributed by atoms with Crippen LogP contribution < -0.4 is 4.90 Å². The Kier molecular flexibility index (Phi) is 5.43. The molecule has 1 unspecified atom stereocenters. The van der Waals surface area contributed by atoms with E-state index < -0.39 is 11.3 Å². The highest BCUT2D eigenvalue weighted by molar-refractivity contribution is 5.70. The largest absolute Gasteiger partial charge is 0.444 e. The minimum absolute atomic E-state index is 0.0463. The molecule has 1 saturated heterocycles. The summed E-state index contributed by atoms with van der Waals surface area (Å²) in [5.41, 5.74) is -0.0401. The molecule has 0 aromatic heterocycles. The molecule has 1 heterocycles. The van der Waals surface area contributed by atoms with Crippen LogP contribution in [0.25, 0.3) is 0 Å². The first-order valence-corrected chi connectivity index (χ1v) is 8.60. The fourth-order valence-corrected chi connectivity index (χ4v) is 3.01. The summed E-state index contributed by atoms with van der Waals surface area (Å²) in [5.74, 6) is 0. The second kappa shape index (κ2) is 7.01. The number of hydrogen-bond acceptors (Lipinski definition) is 4. The topological polar surface area (TPSA) is 42.0 Å². The van der Waals surface area contributed by atoms with E-state index >= 15 is 0 Å². The van der Waals surface area contributed by atoms with Gasteiger partial charge in [-0.25, -0.2) is 4.79 Å². The summed E-state index contributed by atoms with van der Waals surface area (Å²) < 4.78 is 11.5. The van der Waals surface area contributed by atoms with Gasteiger partial charge < -0.3 is 14.4 Å². The lowest BCUT2D eigenvalue weighted by Crippen LogP contribution is -2.53. The molecule has 0 spiro atoms. The van der Waals surface area contributed by atoms with Crippen LogP contribution in [-0.2, 0) is 9.47 Å². The molecule has 0 N–H and O–H groups in total. The second-order valence-corrected chi connectivity index (χ2v) is 7.64. The summed E-state index contributed by atoms with van der Waals surface area (Å²) in [7, 11) is 0. The van der Waals surface area contributed by atoms with E-state index in [2.05, 4.69) is 24.0 Å². The van der Waals surface area contributed by atoms with E-state index in [9.17, 15) is 4.79 Å². The van der Waals surface area contributed by atoms with E-state index in [-0.39, 0.29) is 12.1 Å². The van der Waals surface area contributed by atoms with Gasteiger partial charge in [-0.05, 0) is 53.7 Å². The van der Waals surface area contributed by atoms with Gasteiger partial charge in [-0.3, -0.25) is 4.90 Å². The number of hydrogen-bond donors (Lipinski definition) is 0. The molecule has 0 aliphatic carbocycles. The van der Waals surface area contributed by atoms with E-state index in [1.54, 1.807) is 4.90 Å². The second-order valence-electron chi connectivity index (χ2n) is 7.64. The van der Waals surface area contributed by atoms with Crippen molar-refractivity contribution in [3.8, 4) is 0 Å². The summed E-state index contributed by atoms with van der Waals surface area (Å²) in [4.78, 5) is 16.7. The summed E-state index contributed by atoms with van der Waals surface area (Å²) in [6.45, 7) is 13.7. The Morgan fingerprint density at radius 3 is 2.50 bits per heavy atom. The standard InChI is InChI=1S/C19H30N2O3/c1-7-20(15-11-9-8-10-12-15)13-16-14-23-19(5,6)21(16)17(22)24-18(2,3)4/h8-12,16H,7,13-14H2,1-6H3. The maximum absolute atomic E-state index is 12.7. The quantitative estimate of drug-likeness (QED) is 0.838. The van der Waals surface area contributed by atoms with Crippen LogP contribution in [0.2, 0.25) is 0 Å². The number of amides is 1. The van der Waals surface area contributed by atoms with Crippen molar-refractivity contribution in [2.45, 2.75) is 58.9 Å². The number of anilines is 1. The zero-order valence-electron chi connectivity index (χ0n) is 15.7. The van der Waals surface area contributed by atoms with Crippen molar-refractivity contribution in [3.63, 3.8) is 0 Å². The molecular formula is C19H30N2O3. The summed E-state index contributed by atoms with van der Waals surface area (Å²) >= 11 is 0. The lowest BCUT2D eigenvalue weighted by Gasteiger charge is -2.37. The Morgan fingerprint density at radius 1 is 1.33 bits per heavy atom. The van der Waals surface area contributed by atoms with Gasteiger partial charge in [0.2, 0.25) is 0 Å². The number of carbonyl (C=O) groups excluding carboxylic acids is 1. The minimum Gasteiger partial charge on any atom is -0.444 e. The number of rotatable bonds is 4. The molecule has 5 nitrogen and oxygen atoms in total.